The maximum Gasteiger partial charge on any atom is 0.315 e. The fraction of sp³-hybridized carbons (Fsp3) is 0.588. The topological polar surface area (TPSA) is 61.4 Å². The standard InChI is InChI=1S/C17H27ClN2O2/c1-5-15(13-6-8-14(18)9-7-13)20-16(22)19-11-17(3,4)10-12(2)21/h6-9,12,15,21H,5,10-11H2,1-4H3,(H2,19,20,22). The van der Waals surface area contributed by atoms with Gasteiger partial charge in [-0.2, -0.15) is 0 Å². The van der Waals surface area contributed by atoms with Crippen molar-refractivity contribution in [3.05, 3.63) is 34.9 Å². The molecule has 22 heavy (non-hydrogen) atoms. The molecular formula is C17H27ClN2O2. The van der Waals surface area contributed by atoms with Crippen LogP contribution in [-0.4, -0.2) is 23.8 Å². The number of urea groups is 1. The summed E-state index contributed by atoms with van der Waals surface area (Å²) in [4.78, 5) is 12.1. The van der Waals surface area contributed by atoms with E-state index in [4.69, 9.17) is 11.6 Å². The predicted molar refractivity (Wildman–Crippen MR) is 91.1 cm³/mol. The van der Waals surface area contributed by atoms with Crippen molar-refractivity contribution in [3.8, 4) is 0 Å². The third-order valence-corrected chi connectivity index (χ3v) is 3.81. The van der Waals surface area contributed by atoms with Crippen molar-refractivity contribution >= 4 is 17.6 Å². The number of hydrogen-bond acceptors (Lipinski definition) is 2. The number of carbonyl (C=O) groups is 1. The molecular weight excluding hydrogens is 300 g/mol. The van der Waals surface area contributed by atoms with Crippen molar-refractivity contribution in [1.29, 1.82) is 0 Å². The van der Waals surface area contributed by atoms with Crippen LogP contribution in [0.3, 0.4) is 0 Å². The van der Waals surface area contributed by atoms with Gasteiger partial charge in [0.25, 0.3) is 0 Å². The van der Waals surface area contributed by atoms with Crippen LogP contribution in [0, 0.1) is 5.41 Å². The van der Waals surface area contributed by atoms with Gasteiger partial charge in [0, 0.05) is 11.6 Å². The Labute approximate surface area is 138 Å². The minimum atomic E-state index is -0.377. The normalized spacial score (nSPS) is 14.3. The van der Waals surface area contributed by atoms with Crippen LogP contribution in [0.1, 0.15) is 52.1 Å². The maximum atomic E-state index is 12.1. The fourth-order valence-corrected chi connectivity index (χ4v) is 2.64. The second kappa shape index (κ2) is 8.39. The summed E-state index contributed by atoms with van der Waals surface area (Å²) >= 11 is 5.89. The van der Waals surface area contributed by atoms with Crippen LogP contribution in [0.2, 0.25) is 5.02 Å². The molecule has 1 aromatic carbocycles. The first-order chi connectivity index (χ1) is 10.2. The number of aliphatic hydroxyl groups excluding tert-OH is 1. The summed E-state index contributed by atoms with van der Waals surface area (Å²) in [7, 11) is 0. The molecule has 4 nitrogen and oxygen atoms in total. The molecule has 1 aromatic rings. The van der Waals surface area contributed by atoms with Crippen molar-refractivity contribution in [2.75, 3.05) is 6.54 Å². The number of nitrogens with one attached hydrogen (secondary N) is 2. The lowest BCUT2D eigenvalue weighted by Gasteiger charge is -2.27. The number of hydrogen-bond donors (Lipinski definition) is 3. The minimum Gasteiger partial charge on any atom is -0.393 e. The second-order valence-electron chi connectivity index (χ2n) is 6.56. The van der Waals surface area contributed by atoms with Gasteiger partial charge in [-0.15, -0.1) is 0 Å². The summed E-state index contributed by atoms with van der Waals surface area (Å²) in [6.07, 6.45) is 1.06. The van der Waals surface area contributed by atoms with E-state index < -0.39 is 0 Å². The number of rotatable bonds is 7. The molecule has 0 aliphatic rings. The highest BCUT2D eigenvalue weighted by molar-refractivity contribution is 6.30. The summed E-state index contributed by atoms with van der Waals surface area (Å²) in [5.41, 5.74) is 0.887. The predicted octanol–water partition coefficient (Wildman–Crippen LogP) is 3.89. The maximum absolute atomic E-state index is 12.1. The molecule has 5 heteroatoms. The summed E-state index contributed by atoms with van der Waals surface area (Å²) in [5.74, 6) is 0. The Balaban J connectivity index is 2.53. The number of aliphatic hydroxyl groups is 1. The molecule has 0 fully saturated rings. The van der Waals surface area contributed by atoms with Gasteiger partial charge in [0.05, 0.1) is 12.1 Å². The van der Waals surface area contributed by atoms with Crippen LogP contribution in [0.25, 0.3) is 0 Å². The van der Waals surface area contributed by atoms with Gasteiger partial charge in [0.1, 0.15) is 0 Å². The molecule has 0 spiro atoms. The molecule has 0 saturated carbocycles. The number of benzene rings is 1. The first-order valence-corrected chi connectivity index (χ1v) is 8.09. The van der Waals surface area contributed by atoms with Gasteiger partial charge < -0.3 is 15.7 Å². The van der Waals surface area contributed by atoms with Crippen LogP contribution < -0.4 is 10.6 Å². The third-order valence-electron chi connectivity index (χ3n) is 3.56. The van der Waals surface area contributed by atoms with Crippen LogP contribution >= 0.6 is 11.6 Å². The molecule has 0 aliphatic heterocycles. The van der Waals surface area contributed by atoms with Gasteiger partial charge in [-0.05, 0) is 42.9 Å². The highest BCUT2D eigenvalue weighted by Crippen LogP contribution is 2.22. The Morgan fingerprint density at radius 2 is 1.91 bits per heavy atom. The quantitative estimate of drug-likeness (QED) is 0.712. The second-order valence-corrected chi connectivity index (χ2v) is 6.99. The SMILES string of the molecule is CCC(NC(=O)NCC(C)(C)CC(C)O)c1ccc(Cl)cc1. The summed E-state index contributed by atoms with van der Waals surface area (Å²) in [6.45, 7) is 8.35. The lowest BCUT2D eigenvalue weighted by atomic mass is 9.87. The monoisotopic (exact) mass is 326 g/mol. The van der Waals surface area contributed by atoms with Crippen molar-refractivity contribution < 1.29 is 9.90 Å². The molecule has 124 valence electrons. The molecule has 2 atom stereocenters. The van der Waals surface area contributed by atoms with Crippen LogP contribution in [0.5, 0.6) is 0 Å². The molecule has 0 saturated heterocycles. The van der Waals surface area contributed by atoms with E-state index in [1.54, 1.807) is 6.92 Å². The molecule has 0 bridgehead atoms. The fourth-order valence-electron chi connectivity index (χ4n) is 2.52. The Morgan fingerprint density at radius 3 is 2.41 bits per heavy atom. The first kappa shape index (κ1) is 18.8. The van der Waals surface area contributed by atoms with E-state index in [-0.39, 0.29) is 23.6 Å². The Morgan fingerprint density at radius 1 is 1.32 bits per heavy atom. The van der Waals surface area contributed by atoms with E-state index in [0.29, 0.717) is 18.0 Å². The van der Waals surface area contributed by atoms with Gasteiger partial charge in [-0.25, -0.2) is 4.79 Å². The largest absolute Gasteiger partial charge is 0.393 e. The molecule has 0 aliphatic carbocycles. The van der Waals surface area contributed by atoms with Crippen molar-refractivity contribution in [2.24, 2.45) is 5.41 Å². The molecule has 0 heterocycles. The minimum absolute atomic E-state index is 0.0443. The highest BCUT2D eigenvalue weighted by Gasteiger charge is 2.21. The van der Waals surface area contributed by atoms with E-state index in [9.17, 15) is 9.90 Å². The van der Waals surface area contributed by atoms with Crippen molar-refractivity contribution in [2.45, 2.75) is 52.7 Å². The molecule has 0 radical (unpaired) electrons. The van der Waals surface area contributed by atoms with Gasteiger partial charge in [0.2, 0.25) is 0 Å². The number of carbonyl (C=O) groups excluding carboxylic acids is 1. The zero-order valence-electron chi connectivity index (χ0n) is 13.8. The van der Waals surface area contributed by atoms with Gasteiger partial charge in [0.15, 0.2) is 0 Å². The number of halogens is 1. The Bertz CT molecular complexity index is 472. The average Bonchev–Trinajstić information content (AvgIpc) is 2.42. The average molecular weight is 327 g/mol. The van der Waals surface area contributed by atoms with Crippen molar-refractivity contribution in [3.63, 3.8) is 0 Å². The first-order valence-electron chi connectivity index (χ1n) is 7.71. The third kappa shape index (κ3) is 6.67. The zero-order chi connectivity index (χ0) is 16.8. The van der Waals surface area contributed by atoms with E-state index >= 15 is 0 Å². The summed E-state index contributed by atoms with van der Waals surface area (Å²) in [6, 6.07) is 7.26. The van der Waals surface area contributed by atoms with Crippen LogP contribution in [0.15, 0.2) is 24.3 Å². The lowest BCUT2D eigenvalue weighted by molar-refractivity contribution is 0.128. The highest BCUT2D eigenvalue weighted by atomic mass is 35.5. The Kier molecular flexibility index (Phi) is 7.17. The lowest BCUT2D eigenvalue weighted by Crippen LogP contribution is -2.42. The van der Waals surface area contributed by atoms with Crippen molar-refractivity contribution in [1.82, 2.24) is 10.6 Å². The van der Waals surface area contributed by atoms with Gasteiger partial charge >= 0.3 is 6.03 Å². The van der Waals surface area contributed by atoms with E-state index in [2.05, 4.69) is 10.6 Å². The number of amides is 2. The molecule has 2 amide bonds. The van der Waals surface area contributed by atoms with Gasteiger partial charge in [-0.3, -0.25) is 0 Å². The summed E-state index contributed by atoms with van der Waals surface area (Å²) < 4.78 is 0. The summed E-state index contributed by atoms with van der Waals surface area (Å²) in [5, 5.41) is 16.0. The molecule has 0 aromatic heterocycles. The Hall–Kier alpha value is -1.26. The smallest absolute Gasteiger partial charge is 0.315 e. The van der Waals surface area contributed by atoms with E-state index in [1.807, 2.05) is 45.0 Å². The molecule has 3 N–H and O–H groups in total. The van der Waals surface area contributed by atoms with E-state index in [0.717, 1.165) is 12.0 Å². The van der Waals surface area contributed by atoms with Crippen LogP contribution in [0.4, 0.5) is 4.79 Å². The van der Waals surface area contributed by atoms with Gasteiger partial charge in [-0.1, -0.05) is 44.5 Å². The molecule has 1 rings (SSSR count). The molecule has 2 unspecified atom stereocenters. The van der Waals surface area contributed by atoms with Crippen LogP contribution in [-0.2, 0) is 0 Å². The van der Waals surface area contributed by atoms with E-state index in [1.165, 1.54) is 0 Å². The zero-order valence-corrected chi connectivity index (χ0v) is 14.6.